The summed E-state index contributed by atoms with van der Waals surface area (Å²) in [7, 11) is -3.47. The Morgan fingerprint density at radius 2 is 1.75 bits per heavy atom. The Kier molecular flexibility index (Phi) is 4.78. The molecule has 1 unspecified atom stereocenters. The second-order valence-electron chi connectivity index (χ2n) is 5.06. The third-order valence-corrected chi connectivity index (χ3v) is 5.55. The first-order valence-corrected chi connectivity index (χ1v) is 8.59. The molecule has 1 atom stereocenters. The molecule has 0 heterocycles. The van der Waals surface area contributed by atoms with Crippen LogP contribution >= 0.6 is 0 Å². The summed E-state index contributed by atoms with van der Waals surface area (Å²) >= 11 is 0. The van der Waals surface area contributed by atoms with Gasteiger partial charge in [-0.1, -0.05) is 62.6 Å². The van der Waals surface area contributed by atoms with E-state index in [-0.39, 0.29) is 0 Å². The van der Waals surface area contributed by atoms with Crippen LogP contribution in [0.4, 0.5) is 0 Å². The molecule has 0 saturated carbocycles. The minimum Gasteiger partial charge on any atom is -0.315 e. The fourth-order valence-corrected chi connectivity index (χ4v) is 3.92. The average Bonchev–Trinajstić information content (AvgIpc) is 2.46. The standard InChI is InChI=1S/C16H21NO2S/c1-2-3-4-12-16(17)20(18,19)15-11-7-9-13-8-5-6-10-14(13)15/h5-11,16H,2-4,12,17H2,1H3. The van der Waals surface area contributed by atoms with Crippen LogP contribution in [0, 0.1) is 0 Å². The molecule has 0 aromatic heterocycles. The molecule has 0 bridgehead atoms. The average molecular weight is 291 g/mol. The van der Waals surface area contributed by atoms with Crippen LogP contribution in [0.25, 0.3) is 10.8 Å². The number of sulfone groups is 1. The molecule has 0 aliphatic carbocycles. The van der Waals surface area contributed by atoms with Gasteiger partial charge in [0.15, 0.2) is 9.84 Å². The molecule has 108 valence electrons. The maximum absolute atomic E-state index is 12.6. The Morgan fingerprint density at radius 3 is 2.50 bits per heavy atom. The van der Waals surface area contributed by atoms with E-state index in [1.165, 1.54) is 0 Å². The van der Waals surface area contributed by atoms with E-state index in [2.05, 4.69) is 6.92 Å². The van der Waals surface area contributed by atoms with Crippen molar-refractivity contribution < 1.29 is 8.42 Å². The van der Waals surface area contributed by atoms with Crippen LogP contribution in [-0.4, -0.2) is 13.8 Å². The monoisotopic (exact) mass is 291 g/mol. The molecule has 0 saturated heterocycles. The van der Waals surface area contributed by atoms with Crippen LogP contribution in [-0.2, 0) is 9.84 Å². The molecule has 2 N–H and O–H groups in total. The first kappa shape index (κ1) is 15.0. The highest BCUT2D eigenvalue weighted by atomic mass is 32.2. The molecule has 0 aliphatic rings. The van der Waals surface area contributed by atoms with E-state index in [0.29, 0.717) is 11.3 Å². The van der Waals surface area contributed by atoms with E-state index >= 15 is 0 Å². The van der Waals surface area contributed by atoms with Crippen molar-refractivity contribution in [2.75, 3.05) is 0 Å². The quantitative estimate of drug-likeness (QED) is 0.829. The molecule has 2 aromatic carbocycles. The molecule has 2 rings (SSSR count). The lowest BCUT2D eigenvalue weighted by atomic mass is 10.1. The summed E-state index contributed by atoms with van der Waals surface area (Å²) in [6.45, 7) is 2.09. The van der Waals surface area contributed by atoms with Crippen molar-refractivity contribution in [3.63, 3.8) is 0 Å². The first-order valence-electron chi connectivity index (χ1n) is 7.04. The number of fused-ring (bicyclic) bond motifs is 1. The molecule has 0 amide bonds. The van der Waals surface area contributed by atoms with Gasteiger partial charge in [0, 0.05) is 5.39 Å². The molecular weight excluding hydrogens is 270 g/mol. The summed E-state index contributed by atoms with van der Waals surface area (Å²) in [5, 5.41) is 0.857. The molecule has 4 heteroatoms. The van der Waals surface area contributed by atoms with Gasteiger partial charge in [0.05, 0.1) is 4.90 Å². The SMILES string of the molecule is CCCCCC(N)S(=O)(=O)c1cccc2ccccc12. The van der Waals surface area contributed by atoms with Crippen LogP contribution in [0.5, 0.6) is 0 Å². The van der Waals surface area contributed by atoms with Gasteiger partial charge in [-0.05, 0) is 17.9 Å². The Labute approximate surface area is 120 Å². The Bertz CT molecular complexity index is 674. The lowest BCUT2D eigenvalue weighted by Gasteiger charge is -2.14. The van der Waals surface area contributed by atoms with Crippen LogP contribution in [0.1, 0.15) is 32.6 Å². The van der Waals surface area contributed by atoms with E-state index in [9.17, 15) is 8.42 Å². The normalized spacial score (nSPS) is 13.5. The van der Waals surface area contributed by atoms with E-state index < -0.39 is 15.2 Å². The second-order valence-corrected chi connectivity index (χ2v) is 7.19. The molecule has 0 radical (unpaired) electrons. The molecule has 2 aromatic rings. The van der Waals surface area contributed by atoms with Gasteiger partial charge in [0.25, 0.3) is 0 Å². The molecule has 0 spiro atoms. The highest BCUT2D eigenvalue weighted by molar-refractivity contribution is 7.92. The van der Waals surface area contributed by atoms with E-state index in [4.69, 9.17) is 5.73 Å². The second kappa shape index (κ2) is 6.37. The van der Waals surface area contributed by atoms with Gasteiger partial charge in [-0.3, -0.25) is 0 Å². The third-order valence-electron chi connectivity index (χ3n) is 3.55. The summed E-state index contributed by atoms with van der Waals surface area (Å²) in [6, 6.07) is 12.8. The fourth-order valence-electron chi connectivity index (χ4n) is 2.36. The number of hydrogen-bond donors (Lipinski definition) is 1. The Balaban J connectivity index is 2.37. The van der Waals surface area contributed by atoms with Crippen molar-refractivity contribution in [3.8, 4) is 0 Å². The lowest BCUT2D eigenvalue weighted by molar-refractivity contribution is 0.563. The largest absolute Gasteiger partial charge is 0.315 e. The van der Waals surface area contributed by atoms with Gasteiger partial charge in [0.1, 0.15) is 5.37 Å². The topological polar surface area (TPSA) is 60.2 Å². The van der Waals surface area contributed by atoms with Crippen LogP contribution in [0.2, 0.25) is 0 Å². The number of nitrogens with two attached hydrogens (primary N) is 1. The van der Waals surface area contributed by atoms with Crippen molar-refractivity contribution in [3.05, 3.63) is 42.5 Å². The maximum Gasteiger partial charge on any atom is 0.194 e. The molecule has 0 aliphatic heterocycles. The summed E-state index contributed by atoms with van der Waals surface area (Å²) in [4.78, 5) is 0.347. The van der Waals surface area contributed by atoms with Crippen molar-refractivity contribution in [1.29, 1.82) is 0 Å². The zero-order chi connectivity index (χ0) is 14.6. The van der Waals surface area contributed by atoms with Crippen LogP contribution in [0.15, 0.2) is 47.4 Å². The number of benzene rings is 2. The van der Waals surface area contributed by atoms with Gasteiger partial charge in [-0.15, -0.1) is 0 Å². The maximum atomic E-state index is 12.6. The molecule has 20 heavy (non-hydrogen) atoms. The van der Waals surface area contributed by atoms with Gasteiger partial charge in [-0.2, -0.15) is 0 Å². The first-order chi connectivity index (χ1) is 9.57. The molecule has 0 fully saturated rings. The number of hydrogen-bond acceptors (Lipinski definition) is 3. The summed E-state index contributed by atoms with van der Waals surface area (Å²) < 4.78 is 25.2. The smallest absolute Gasteiger partial charge is 0.194 e. The summed E-state index contributed by atoms with van der Waals surface area (Å²) in [5.41, 5.74) is 5.93. The Hall–Kier alpha value is -1.39. The van der Waals surface area contributed by atoms with E-state index in [1.807, 2.05) is 30.3 Å². The van der Waals surface area contributed by atoms with Gasteiger partial charge >= 0.3 is 0 Å². The number of unbranched alkanes of at least 4 members (excludes halogenated alkanes) is 2. The lowest BCUT2D eigenvalue weighted by Crippen LogP contribution is -2.30. The van der Waals surface area contributed by atoms with Crippen molar-refractivity contribution in [2.45, 2.75) is 42.9 Å². The highest BCUT2D eigenvalue weighted by Gasteiger charge is 2.25. The van der Waals surface area contributed by atoms with Crippen molar-refractivity contribution in [2.24, 2.45) is 5.73 Å². The van der Waals surface area contributed by atoms with Crippen LogP contribution in [0.3, 0.4) is 0 Å². The minimum atomic E-state index is -3.47. The zero-order valence-electron chi connectivity index (χ0n) is 11.7. The molecular formula is C16H21NO2S. The van der Waals surface area contributed by atoms with E-state index in [1.54, 1.807) is 12.1 Å². The fraction of sp³-hybridized carbons (Fsp3) is 0.375. The van der Waals surface area contributed by atoms with Gasteiger partial charge < -0.3 is 5.73 Å². The predicted octanol–water partition coefficient (Wildman–Crippen LogP) is 3.48. The van der Waals surface area contributed by atoms with Crippen LogP contribution < -0.4 is 5.73 Å². The van der Waals surface area contributed by atoms with Gasteiger partial charge in [0.2, 0.25) is 0 Å². The third kappa shape index (κ3) is 3.02. The van der Waals surface area contributed by atoms with Crippen molar-refractivity contribution >= 4 is 20.6 Å². The predicted molar refractivity (Wildman–Crippen MR) is 83.3 cm³/mol. The van der Waals surface area contributed by atoms with Gasteiger partial charge in [-0.25, -0.2) is 8.42 Å². The minimum absolute atomic E-state index is 0.347. The summed E-state index contributed by atoms with van der Waals surface area (Å²) in [5.74, 6) is 0. The Morgan fingerprint density at radius 1 is 1.05 bits per heavy atom. The highest BCUT2D eigenvalue weighted by Crippen LogP contribution is 2.26. The van der Waals surface area contributed by atoms with E-state index in [0.717, 1.165) is 30.0 Å². The zero-order valence-corrected chi connectivity index (χ0v) is 12.6. The number of rotatable bonds is 6. The van der Waals surface area contributed by atoms with Crippen molar-refractivity contribution in [1.82, 2.24) is 0 Å². The molecule has 3 nitrogen and oxygen atoms in total. The summed E-state index contributed by atoms with van der Waals surface area (Å²) in [6.07, 6.45) is 3.43.